The average molecular weight is 390 g/mol. The highest BCUT2D eigenvalue weighted by atomic mass is 16.2. The number of anilines is 2. The molecule has 0 aromatic heterocycles. The lowest BCUT2D eigenvalue weighted by Gasteiger charge is -2.25. The normalized spacial score (nSPS) is 23.8. The molecule has 5 nitrogen and oxygen atoms in total. The van der Waals surface area contributed by atoms with Crippen molar-refractivity contribution in [3.05, 3.63) is 59.2 Å². The van der Waals surface area contributed by atoms with Gasteiger partial charge in [0, 0.05) is 11.3 Å². The Labute approximate surface area is 171 Å². The largest absolute Gasteiger partial charge is 0.322 e. The third-order valence-electron chi connectivity index (χ3n) is 6.05. The fraction of sp³-hybridized carbons (Fsp3) is 0.375. The first-order chi connectivity index (χ1) is 13.8. The van der Waals surface area contributed by atoms with Gasteiger partial charge in [-0.05, 0) is 86.6 Å². The van der Waals surface area contributed by atoms with E-state index in [0.717, 1.165) is 36.1 Å². The Morgan fingerprint density at radius 1 is 0.931 bits per heavy atom. The SMILES string of the molecule is Cc1cc(C)cc(NC(=O)c2ccc(N3C(=O)[C@H]4C[C@H](C)CC[C@H]4C3=O)cc2)c1. The molecule has 3 atom stereocenters. The fourth-order valence-electron chi connectivity index (χ4n) is 4.66. The van der Waals surface area contributed by atoms with Gasteiger partial charge in [-0.15, -0.1) is 0 Å². The maximum absolute atomic E-state index is 12.8. The molecule has 1 N–H and O–H groups in total. The van der Waals surface area contributed by atoms with Gasteiger partial charge in [0.25, 0.3) is 5.91 Å². The van der Waals surface area contributed by atoms with E-state index in [0.29, 0.717) is 17.2 Å². The number of nitrogens with one attached hydrogen (secondary N) is 1. The van der Waals surface area contributed by atoms with Crippen LogP contribution in [0, 0.1) is 31.6 Å². The number of rotatable bonds is 3. The van der Waals surface area contributed by atoms with Gasteiger partial charge >= 0.3 is 0 Å². The number of amides is 3. The van der Waals surface area contributed by atoms with Gasteiger partial charge in [-0.2, -0.15) is 0 Å². The van der Waals surface area contributed by atoms with E-state index >= 15 is 0 Å². The van der Waals surface area contributed by atoms with E-state index in [1.807, 2.05) is 32.0 Å². The summed E-state index contributed by atoms with van der Waals surface area (Å²) in [6.07, 6.45) is 2.55. The van der Waals surface area contributed by atoms with E-state index < -0.39 is 0 Å². The van der Waals surface area contributed by atoms with Crippen molar-refractivity contribution in [2.45, 2.75) is 40.0 Å². The van der Waals surface area contributed by atoms with Crippen LogP contribution in [0.25, 0.3) is 0 Å². The van der Waals surface area contributed by atoms with Gasteiger partial charge in [-0.25, -0.2) is 0 Å². The van der Waals surface area contributed by atoms with Crippen molar-refractivity contribution in [3.8, 4) is 0 Å². The third kappa shape index (κ3) is 3.69. The molecule has 2 aromatic carbocycles. The van der Waals surface area contributed by atoms with Gasteiger partial charge in [0.05, 0.1) is 17.5 Å². The Kier molecular flexibility index (Phi) is 4.99. The van der Waals surface area contributed by atoms with Crippen molar-refractivity contribution >= 4 is 29.1 Å². The molecule has 29 heavy (non-hydrogen) atoms. The third-order valence-corrected chi connectivity index (χ3v) is 6.05. The summed E-state index contributed by atoms with van der Waals surface area (Å²) in [4.78, 5) is 39.6. The summed E-state index contributed by atoms with van der Waals surface area (Å²) in [6.45, 7) is 6.11. The zero-order valence-corrected chi connectivity index (χ0v) is 17.1. The van der Waals surface area contributed by atoms with Gasteiger partial charge in [0.15, 0.2) is 0 Å². The summed E-state index contributed by atoms with van der Waals surface area (Å²) in [7, 11) is 0. The van der Waals surface area contributed by atoms with Crippen LogP contribution in [0.1, 0.15) is 47.7 Å². The predicted molar refractivity (Wildman–Crippen MR) is 113 cm³/mol. The average Bonchev–Trinajstić information content (AvgIpc) is 2.91. The molecule has 0 radical (unpaired) electrons. The first-order valence-corrected chi connectivity index (χ1v) is 10.2. The van der Waals surface area contributed by atoms with Crippen molar-refractivity contribution < 1.29 is 14.4 Å². The predicted octanol–water partition coefficient (Wildman–Crippen LogP) is 4.48. The maximum atomic E-state index is 12.8. The highest BCUT2D eigenvalue weighted by Crippen LogP contribution is 2.42. The Balaban J connectivity index is 1.51. The molecule has 2 aromatic rings. The Bertz CT molecular complexity index is 960. The molecular weight excluding hydrogens is 364 g/mol. The van der Waals surface area contributed by atoms with Gasteiger partial charge in [0.1, 0.15) is 0 Å². The number of benzene rings is 2. The summed E-state index contributed by atoms with van der Waals surface area (Å²) in [6, 6.07) is 12.6. The van der Waals surface area contributed by atoms with Gasteiger partial charge < -0.3 is 5.32 Å². The van der Waals surface area contributed by atoms with Gasteiger partial charge in [-0.1, -0.05) is 13.0 Å². The van der Waals surface area contributed by atoms with Crippen LogP contribution in [0.4, 0.5) is 11.4 Å². The topological polar surface area (TPSA) is 66.5 Å². The molecule has 4 rings (SSSR count). The van der Waals surface area contributed by atoms with Crippen LogP contribution in [0.2, 0.25) is 0 Å². The van der Waals surface area contributed by atoms with Crippen molar-refractivity contribution in [2.75, 3.05) is 10.2 Å². The summed E-state index contributed by atoms with van der Waals surface area (Å²) in [5, 5.41) is 2.91. The Morgan fingerprint density at radius 2 is 1.55 bits per heavy atom. The minimum Gasteiger partial charge on any atom is -0.322 e. The molecule has 5 heteroatoms. The summed E-state index contributed by atoms with van der Waals surface area (Å²) in [5.41, 5.74) is 3.94. The van der Waals surface area contributed by atoms with Crippen LogP contribution in [0.15, 0.2) is 42.5 Å². The van der Waals surface area contributed by atoms with E-state index in [1.165, 1.54) is 4.90 Å². The van der Waals surface area contributed by atoms with Crippen LogP contribution in [-0.4, -0.2) is 17.7 Å². The van der Waals surface area contributed by atoms with Crippen molar-refractivity contribution in [1.29, 1.82) is 0 Å². The van der Waals surface area contributed by atoms with E-state index in [1.54, 1.807) is 24.3 Å². The molecule has 1 heterocycles. The number of nitrogens with zero attached hydrogens (tertiary/aromatic N) is 1. The second-order valence-electron chi connectivity index (χ2n) is 8.52. The van der Waals surface area contributed by atoms with Crippen LogP contribution < -0.4 is 10.2 Å². The lowest BCUT2D eigenvalue weighted by molar-refractivity contribution is -0.122. The molecule has 1 aliphatic heterocycles. The zero-order chi connectivity index (χ0) is 20.7. The number of imide groups is 1. The summed E-state index contributed by atoms with van der Waals surface area (Å²) in [5.74, 6) is -0.323. The van der Waals surface area contributed by atoms with E-state index in [9.17, 15) is 14.4 Å². The molecule has 150 valence electrons. The summed E-state index contributed by atoms with van der Waals surface area (Å²) < 4.78 is 0. The highest BCUT2D eigenvalue weighted by Gasteiger charge is 2.49. The molecule has 2 fully saturated rings. The standard InChI is InChI=1S/C24H26N2O3/c1-14-4-9-20-21(13-14)24(29)26(23(20)28)19-7-5-17(6-8-19)22(27)25-18-11-15(2)10-16(3)12-18/h5-8,10-12,14,20-21H,4,9,13H2,1-3H3,(H,25,27)/t14-,20-,21+/m1/s1. The first kappa shape index (κ1) is 19.4. The van der Waals surface area contributed by atoms with Crippen LogP contribution in [0.3, 0.4) is 0 Å². The quantitative estimate of drug-likeness (QED) is 0.786. The molecule has 1 saturated heterocycles. The monoisotopic (exact) mass is 390 g/mol. The first-order valence-electron chi connectivity index (χ1n) is 10.2. The number of aryl methyl sites for hydroxylation is 2. The zero-order valence-electron chi connectivity index (χ0n) is 17.1. The number of carbonyl (C=O) groups is 3. The van der Waals surface area contributed by atoms with Crippen molar-refractivity contribution in [2.24, 2.45) is 17.8 Å². The molecule has 0 unspecified atom stereocenters. The molecule has 0 bridgehead atoms. The number of fused-ring (bicyclic) bond motifs is 1. The highest BCUT2D eigenvalue weighted by molar-refractivity contribution is 6.22. The second-order valence-corrected chi connectivity index (χ2v) is 8.52. The molecule has 2 aliphatic rings. The number of hydrogen-bond donors (Lipinski definition) is 1. The number of hydrogen-bond acceptors (Lipinski definition) is 3. The van der Waals surface area contributed by atoms with Crippen molar-refractivity contribution in [3.63, 3.8) is 0 Å². The minimum atomic E-state index is -0.219. The van der Waals surface area contributed by atoms with E-state index in [2.05, 4.69) is 12.2 Å². The molecular formula is C24H26N2O3. The lowest BCUT2D eigenvalue weighted by Crippen LogP contribution is -2.30. The lowest BCUT2D eigenvalue weighted by atomic mass is 9.76. The van der Waals surface area contributed by atoms with Crippen molar-refractivity contribution in [1.82, 2.24) is 0 Å². The molecule has 1 aliphatic carbocycles. The summed E-state index contributed by atoms with van der Waals surface area (Å²) >= 11 is 0. The van der Waals surface area contributed by atoms with Crippen LogP contribution in [-0.2, 0) is 9.59 Å². The van der Waals surface area contributed by atoms with Gasteiger partial charge in [-0.3, -0.25) is 19.3 Å². The molecule has 1 saturated carbocycles. The second kappa shape index (κ2) is 7.47. The smallest absolute Gasteiger partial charge is 0.255 e. The van der Waals surface area contributed by atoms with Crippen LogP contribution >= 0.6 is 0 Å². The Morgan fingerprint density at radius 3 is 2.21 bits per heavy atom. The molecule has 0 spiro atoms. The molecule has 3 amide bonds. The van der Waals surface area contributed by atoms with E-state index in [-0.39, 0.29) is 29.6 Å². The Hall–Kier alpha value is -2.95. The minimum absolute atomic E-state index is 0.0978. The van der Waals surface area contributed by atoms with Crippen LogP contribution in [0.5, 0.6) is 0 Å². The number of carbonyl (C=O) groups excluding carboxylic acids is 3. The van der Waals surface area contributed by atoms with Gasteiger partial charge in [0.2, 0.25) is 11.8 Å². The maximum Gasteiger partial charge on any atom is 0.255 e. The van der Waals surface area contributed by atoms with E-state index in [4.69, 9.17) is 0 Å². The fourth-order valence-corrected chi connectivity index (χ4v) is 4.66.